The molecule has 5 heterocycles. The number of hydrogen-bond donors (Lipinski definition) is 2. The number of nitrogens with zero attached hydrogens (tertiary/aromatic N) is 3. The number of hydrogen-bond acceptors (Lipinski definition) is 15. The number of rotatable bonds is 11. The van der Waals surface area contributed by atoms with Crippen LogP contribution in [0.25, 0.3) is 0 Å². The number of aromatic nitrogens is 2. The maximum Gasteiger partial charge on any atom is 0.434 e. The minimum atomic E-state index is -1.43. The number of imidazole rings is 1. The number of fused-ring (bicyclic) bond motifs is 4. The molecule has 0 spiro atoms. The molecule has 0 amide bonds. The van der Waals surface area contributed by atoms with Crippen molar-refractivity contribution in [3.05, 3.63) is 87.0 Å². The molecule has 2 N–H and O–H groups in total. The molecule has 18 heteroatoms. The van der Waals surface area contributed by atoms with Crippen LogP contribution in [0.5, 0.6) is 40.2 Å². The Kier molecular flexibility index (Phi) is 10.0. The number of halogens is 1. The van der Waals surface area contributed by atoms with Crippen LogP contribution in [0, 0.1) is 27.8 Å². The second kappa shape index (κ2) is 15.2. The van der Waals surface area contributed by atoms with Crippen LogP contribution in [0.4, 0.5) is 10.3 Å². The van der Waals surface area contributed by atoms with Crippen molar-refractivity contribution in [2.24, 2.45) is 18.9 Å². The number of benzene rings is 3. The van der Waals surface area contributed by atoms with Crippen molar-refractivity contribution >= 4 is 5.95 Å². The Hall–Kier alpha value is -5.24. The monoisotopic (exact) mass is 807 g/mol. The second-order valence-corrected chi connectivity index (χ2v) is 14.9. The molecule has 0 saturated carbocycles. The van der Waals surface area contributed by atoms with Gasteiger partial charge in [0.1, 0.15) is 36.9 Å². The molecule has 9 rings (SSSR count). The first-order valence-corrected chi connectivity index (χ1v) is 18.9. The van der Waals surface area contributed by atoms with Crippen LogP contribution < -0.4 is 28.4 Å². The zero-order valence-corrected chi connectivity index (χ0v) is 31.9. The van der Waals surface area contributed by atoms with Gasteiger partial charge in [-0.3, -0.25) is 0 Å². The van der Waals surface area contributed by atoms with Gasteiger partial charge in [-0.15, -0.1) is 0 Å². The van der Waals surface area contributed by atoms with E-state index in [2.05, 4.69) is 4.98 Å². The SMILES string of the molecule is COc1cc(C2c3cc4c(cc3C(CC3OC(O)C(O)C5OC(C)OC35)C3COCC23)OCO4)cc(OC)c1Oc1ccc(OCc2cnc([N+](=O)[O-])n2C)c(F)c1. The van der Waals surface area contributed by atoms with E-state index in [1.54, 1.807) is 6.92 Å². The predicted molar refractivity (Wildman–Crippen MR) is 196 cm³/mol. The first-order valence-electron chi connectivity index (χ1n) is 18.9. The van der Waals surface area contributed by atoms with Crippen molar-refractivity contribution in [3.8, 4) is 40.2 Å². The molecule has 10 unspecified atom stereocenters. The van der Waals surface area contributed by atoms with Crippen molar-refractivity contribution in [2.75, 3.05) is 34.2 Å². The molecule has 58 heavy (non-hydrogen) atoms. The van der Waals surface area contributed by atoms with Crippen LogP contribution in [0.15, 0.2) is 48.7 Å². The third-order valence-electron chi connectivity index (χ3n) is 11.8. The van der Waals surface area contributed by atoms with Crippen LogP contribution in [0.3, 0.4) is 0 Å². The van der Waals surface area contributed by atoms with E-state index in [9.17, 15) is 20.3 Å². The van der Waals surface area contributed by atoms with E-state index in [4.69, 9.17) is 47.4 Å². The topological polar surface area (TPSA) is 194 Å². The lowest BCUT2D eigenvalue weighted by Crippen LogP contribution is -2.56. The van der Waals surface area contributed by atoms with Gasteiger partial charge in [-0.05, 0) is 89.1 Å². The fourth-order valence-electron chi connectivity index (χ4n) is 9.09. The van der Waals surface area contributed by atoms with E-state index in [-0.39, 0.29) is 60.3 Å². The largest absolute Gasteiger partial charge is 0.493 e. The van der Waals surface area contributed by atoms with Crippen LogP contribution in [-0.2, 0) is 32.6 Å². The van der Waals surface area contributed by atoms with Gasteiger partial charge in [0.15, 0.2) is 52.8 Å². The van der Waals surface area contributed by atoms with E-state index in [0.29, 0.717) is 48.3 Å². The third-order valence-corrected chi connectivity index (χ3v) is 11.8. The fraction of sp³-hybridized carbons (Fsp3) is 0.475. The summed E-state index contributed by atoms with van der Waals surface area (Å²) in [6.45, 7) is 2.63. The molecule has 4 aromatic rings. The summed E-state index contributed by atoms with van der Waals surface area (Å²) >= 11 is 0. The molecule has 308 valence electrons. The third kappa shape index (κ3) is 6.62. The zero-order valence-electron chi connectivity index (χ0n) is 31.9. The highest BCUT2D eigenvalue weighted by molar-refractivity contribution is 5.60. The lowest BCUT2D eigenvalue weighted by Gasteiger charge is -2.44. The molecular weight excluding hydrogens is 765 g/mol. The number of ether oxygens (including phenoxy) is 10. The van der Waals surface area contributed by atoms with Gasteiger partial charge < -0.3 is 67.7 Å². The normalized spacial score (nSPS) is 29.4. The van der Waals surface area contributed by atoms with Crippen molar-refractivity contribution in [1.29, 1.82) is 0 Å². The van der Waals surface area contributed by atoms with Crippen molar-refractivity contribution < 1.29 is 66.9 Å². The van der Waals surface area contributed by atoms with Crippen molar-refractivity contribution in [1.82, 2.24) is 9.55 Å². The molecule has 3 saturated heterocycles. The number of aliphatic hydroxyl groups excluding tert-OH is 2. The smallest absolute Gasteiger partial charge is 0.434 e. The van der Waals surface area contributed by atoms with Gasteiger partial charge >= 0.3 is 5.95 Å². The van der Waals surface area contributed by atoms with Gasteiger partial charge in [0.2, 0.25) is 12.5 Å². The fourth-order valence-corrected chi connectivity index (χ4v) is 9.09. The van der Waals surface area contributed by atoms with Gasteiger partial charge in [-0.2, -0.15) is 0 Å². The van der Waals surface area contributed by atoms with E-state index >= 15 is 4.39 Å². The highest BCUT2D eigenvalue weighted by atomic mass is 19.1. The Morgan fingerprint density at radius 2 is 1.66 bits per heavy atom. The molecule has 1 aromatic heterocycles. The van der Waals surface area contributed by atoms with Crippen LogP contribution in [0.1, 0.15) is 47.6 Å². The number of nitro groups is 1. The van der Waals surface area contributed by atoms with E-state index in [1.807, 2.05) is 24.3 Å². The van der Waals surface area contributed by atoms with Gasteiger partial charge in [-0.1, -0.05) is 4.98 Å². The standard InChI is InChI=1S/C40H42FN3O14/c1-18-55-37-33(58-39(46)35(45)38(37)56-18)11-23-22-10-29-30(54-17-53-29)12-24(22)34(26-16-51-15-25(23)26)19-7-31(49-3)36(32(8-19)50-4)57-21-5-6-28(27(41)9-21)52-14-20-13-42-40(43(20)2)44(47)48/h5-10,12-13,18,23,25-26,33-35,37-39,45-46H,11,14-17H2,1-4H3. The molecule has 1 aliphatic carbocycles. The minimum Gasteiger partial charge on any atom is -0.493 e. The molecule has 3 aromatic carbocycles. The molecule has 17 nitrogen and oxygen atoms in total. The Morgan fingerprint density at radius 3 is 2.34 bits per heavy atom. The maximum absolute atomic E-state index is 15.3. The molecular formula is C40H42FN3O14. The van der Waals surface area contributed by atoms with Gasteiger partial charge in [0.05, 0.1) is 40.6 Å². The van der Waals surface area contributed by atoms with Gasteiger partial charge in [0.25, 0.3) is 0 Å². The van der Waals surface area contributed by atoms with Gasteiger partial charge in [0, 0.05) is 12.0 Å². The Bertz CT molecular complexity index is 2190. The zero-order chi connectivity index (χ0) is 40.4. The van der Waals surface area contributed by atoms with Crippen LogP contribution in [-0.4, -0.2) is 95.9 Å². The summed E-state index contributed by atoms with van der Waals surface area (Å²) in [6.07, 6.45) is -3.39. The first kappa shape index (κ1) is 38.3. The molecule has 0 bridgehead atoms. The quantitative estimate of drug-likeness (QED) is 0.157. The van der Waals surface area contributed by atoms with E-state index < -0.39 is 47.7 Å². The minimum absolute atomic E-state index is 0.00767. The van der Waals surface area contributed by atoms with Gasteiger partial charge in [-0.25, -0.2) is 8.96 Å². The Labute approximate surface area is 331 Å². The summed E-state index contributed by atoms with van der Waals surface area (Å²) in [5.41, 5.74) is 3.24. The number of aliphatic hydroxyl groups is 2. The summed E-state index contributed by atoms with van der Waals surface area (Å²) in [4.78, 5) is 14.3. The van der Waals surface area contributed by atoms with Crippen LogP contribution in [0.2, 0.25) is 0 Å². The summed E-state index contributed by atoms with van der Waals surface area (Å²) in [7, 11) is 4.49. The van der Waals surface area contributed by atoms with Crippen molar-refractivity contribution in [3.63, 3.8) is 0 Å². The Morgan fingerprint density at radius 1 is 0.948 bits per heavy atom. The molecule has 4 aliphatic heterocycles. The number of methoxy groups -OCH3 is 2. The lowest BCUT2D eigenvalue weighted by molar-refractivity contribution is -0.396. The highest BCUT2D eigenvalue weighted by Crippen LogP contribution is 2.58. The Balaban J connectivity index is 1.02. The second-order valence-electron chi connectivity index (χ2n) is 14.9. The highest BCUT2D eigenvalue weighted by Gasteiger charge is 2.54. The maximum atomic E-state index is 15.3. The molecule has 0 radical (unpaired) electrons. The summed E-state index contributed by atoms with van der Waals surface area (Å²) in [6, 6.07) is 11.9. The summed E-state index contributed by atoms with van der Waals surface area (Å²) < 4.78 is 76.1. The van der Waals surface area contributed by atoms with E-state index in [0.717, 1.165) is 22.8 Å². The van der Waals surface area contributed by atoms with Crippen molar-refractivity contribution in [2.45, 2.75) is 68.8 Å². The summed E-state index contributed by atoms with van der Waals surface area (Å²) in [5.74, 6) is 0.776. The average Bonchev–Trinajstić information content (AvgIpc) is 4.03. The lowest BCUT2D eigenvalue weighted by atomic mass is 9.61. The average molecular weight is 808 g/mol. The van der Waals surface area contributed by atoms with E-state index in [1.165, 1.54) is 44.2 Å². The predicted octanol–water partition coefficient (Wildman–Crippen LogP) is 4.67. The molecule has 3 fully saturated rings. The van der Waals surface area contributed by atoms with Crippen LogP contribution >= 0.6 is 0 Å². The molecule has 10 atom stereocenters. The molecule has 5 aliphatic rings. The first-order chi connectivity index (χ1) is 28.0. The summed E-state index contributed by atoms with van der Waals surface area (Å²) in [5, 5.41) is 32.5.